The Labute approximate surface area is 134 Å². The van der Waals surface area contributed by atoms with Crippen molar-refractivity contribution < 1.29 is 0 Å². The summed E-state index contributed by atoms with van der Waals surface area (Å²) in [5.41, 5.74) is 0. The number of rotatable bonds is 4. The molecule has 3 rings (SSSR count). The van der Waals surface area contributed by atoms with Crippen LogP contribution in [0.4, 0.5) is 0 Å². The highest BCUT2D eigenvalue weighted by Gasteiger charge is 2.43. The summed E-state index contributed by atoms with van der Waals surface area (Å²) in [5.74, 6) is 5.51. The van der Waals surface area contributed by atoms with E-state index in [0.29, 0.717) is 0 Å². The highest BCUT2D eigenvalue weighted by atomic mass is 79.9. The van der Waals surface area contributed by atoms with Crippen LogP contribution in [0.3, 0.4) is 0 Å². The van der Waals surface area contributed by atoms with Crippen LogP contribution < -0.4 is 0 Å². The Hall–Kier alpha value is 0.480. The maximum absolute atomic E-state index is 3.88. The molecule has 0 aromatic carbocycles. The molecule has 1 heteroatoms. The third-order valence-electron chi connectivity index (χ3n) is 6.80. The van der Waals surface area contributed by atoms with Crippen LogP contribution in [-0.2, 0) is 0 Å². The molecular formula is C19H33Br. The van der Waals surface area contributed by atoms with Gasteiger partial charge in [0.25, 0.3) is 0 Å². The first-order valence-electron chi connectivity index (χ1n) is 9.42. The second kappa shape index (κ2) is 7.16. The second-order valence-electron chi connectivity index (χ2n) is 8.01. The Morgan fingerprint density at radius 1 is 0.800 bits per heavy atom. The van der Waals surface area contributed by atoms with Gasteiger partial charge in [-0.1, -0.05) is 55.0 Å². The van der Waals surface area contributed by atoms with Crippen molar-refractivity contribution in [1.82, 2.24) is 0 Å². The SMILES string of the molecule is CCCCC[C@@H]1CCC2C(CCC3C[C@H](Br)CCC32)C1. The minimum absolute atomic E-state index is 0.839. The van der Waals surface area contributed by atoms with Gasteiger partial charge < -0.3 is 0 Å². The molecule has 0 aromatic heterocycles. The van der Waals surface area contributed by atoms with Gasteiger partial charge in [0, 0.05) is 4.83 Å². The highest BCUT2D eigenvalue weighted by Crippen LogP contribution is 2.53. The van der Waals surface area contributed by atoms with Crippen LogP contribution in [0.2, 0.25) is 0 Å². The number of fused-ring (bicyclic) bond motifs is 3. The summed E-state index contributed by atoms with van der Waals surface area (Å²) in [7, 11) is 0. The van der Waals surface area contributed by atoms with Crippen LogP contribution in [0, 0.1) is 29.6 Å². The molecule has 4 unspecified atom stereocenters. The van der Waals surface area contributed by atoms with Gasteiger partial charge in [0.05, 0.1) is 0 Å². The molecule has 0 saturated heterocycles. The molecule has 116 valence electrons. The van der Waals surface area contributed by atoms with Crippen LogP contribution in [0.25, 0.3) is 0 Å². The van der Waals surface area contributed by atoms with Gasteiger partial charge in [-0.2, -0.15) is 0 Å². The lowest BCUT2D eigenvalue weighted by Gasteiger charge is -2.50. The fourth-order valence-corrected chi connectivity index (χ4v) is 6.52. The lowest BCUT2D eigenvalue weighted by Crippen LogP contribution is -2.41. The maximum atomic E-state index is 3.88. The first-order chi connectivity index (χ1) is 9.78. The molecule has 0 bridgehead atoms. The molecule has 3 aliphatic carbocycles. The van der Waals surface area contributed by atoms with Crippen molar-refractivity contribution in [2.24, 2.45) is 29.6 Å². The van der Waals surface area contributed by atoms with E-state index in [1.165, 1.54) is 44.9 Å². The number of unbranched alkanes of at least 4 members (excludes halogenated alkanes) is 2. The van der Waals surface area contributed by atoms with Crippen molar-refractivity contribution in [3.63, 3.8) is 0 Å². The molecule has 0 heterocycles. The van der Waals surface area contributed by atoms with E-state index in [2.05, 4.69) is 22.9 Å². The molecule has 3 saturated carbocycles. The predicted molar refractivity (Wildman–Crippen MR) is 91.2 cm³/mol. The average Bonchev–Trinajstić information content (AvgIpc) is 2.47. The van der Waals surface area contributed by atoms with Crippen molar-refractivity contribution in [1.29, 1.82) is 0 Å². The Bertz CT molecular complexity index is 300. The van der Waals surface area contributed by atoms with Gasteiger partial charge in [0.1, 0.15) is 0 Å². The Morgan fingerprint density at radius 2 is 1.50 bits per heavy atom. The Balaban J connectivity index is 1.52. The van der Waals surface area contributed by atoms with Gasteiger partial charge in [-0.05, 0) is 74.5 Å². The topological polar surface area (TPSA) is 0 Å². The summed E-state index contributed by atoms with van der Waals surface area (Å²) in [4.78, 5) is 0.839. The minimum atomic E-state index is 0.839. The molecule has 0 amide bonds. The monoisotopic (exact) mass is 340 g/mol. The van der Waals surface area contributed by atoms with Crippen molar-refractivity contribution in [3.05, 3.63) is 0 Å². The molecule has 0 N–H and O–H groups in total. The van der Waals surface area contributed by atoms with Gasteiger partial charge >= 0.3 is 0 Å². The number of hydrogen-bond acceptors (Lipinski definition) is 0. The van der Waals surface area contributed by atoms with Crippen LogP contribution in [0.1, 0.15) is 84.0 Å². The highest BCUT2D eigenvalue weighted by molar-refractivity contribution is 9.09. The van der Waals surface area contributed by atoms with Crippen molar-refractivity contribution >= 4 is 15.9 Å². The zero-order valence-electron chi connectivity index (χ0n) is 13.3. The predicted octanol–water partition coefficient (Wildman–Crippen LogP) is 6.57. The quantitative estimate of drug-likeness (QED) is 0.400. The molecule has 0 radical (unpaired) electrons. The molecule has 0 spiro atoms. The summed E-state index contributed by atoms with van der Waals surface area (Å²) in [6, 6.07) is 0. The lowest BCUT2D eigenvalue weighted by atomic mass is 9.56. The number of alkyl halides is 1. The summed E-state index contributed by atoms with van der Waals surface area (Å²) >= 11 is 3.88. The van der Waals surface area contributed by atoms with Crippen LogP contribution in [0.5, 0.6) is 0 Å². The third-order valence-corrected chi connectivity index (χ3v) is 7.63. The van der Waals surface area contributed by atoms with Crippen molar-refractivity contribution in [3.8, 4) is 0 Å². The molecule has 0 aliphatic heterocycles. The normalized spacial score (nSPS) is 44.7. The van der Waals surface area contributed by atoms with Crippen molar-refractivity contribution in [2.45, 2.75) is 88.8 Å². The van der Waals surface area contributed by atoms with E-state index in [9.17, 15) is 0 Å². The molecule has 0 aromatic rings. The Kier molecular flexibility index (Phi) is 5.51. The number of halogens is 1. The van der Waals surface area contributed by atoms with E-state index < -0.39 is 0 Å². The summed E-state index contributed by atoms with van der Waals surface area (Å²) < 4.78 is 0. The summed E-state index contributed by atoms with van der Waals surface area (Å²) in [6.07, 6.45) is 18.2. The van der Waals surface area contributed by atoms with Gasteiger partial charge in [-0.25, -0.2) is 0 Å². The van der Waals surface area contributed by atoms with E-state index in [1.54, 1.807) is 32.1 Å². The molecule has 20 heavy (non-hydrogen) atoms. The van der Waals surface area contributed by atoms with Gasteiger partial charge in [-0.15, -0.1) is 0 Å². The molecule has 3 fully saturated rings. The summed E-state index contributed by atoms with van der Waals surface area (Å²) in [6.45, 7) is 2.33. The summed E-state index contributed by atoms with van der Waals surface area (Å²) in [5, 5.41) is 0. The van der Waals surface area contributed by atoms with Crippen molar-refractivity contribution in [2.75, 3.05) is 0 Å². The van der Waals surface area contributed by atoms with E-state index in [4.69, 9.17) is 0 Å². The van der Waals surface area contributed by atoms with E-state index in [-0.39, 0.29) is 0 Å². The van der Waals surface area contributed by atoms with Crippen LogP contribution in [-0.4, -0.2) is 4.83 Å². The van der Waals surface area contributed by atoms with Gasteiger partial charge in [0.2, 0.25) is 0 Å². The first kappa shape index (κ1) is 15.4. The smallest absolute Gasteiger partial charge is 0.0148 e. The zero-order valence-corrected chi connectivity index (χ0v) is 14.9. The van der Waals surface area contributed by atoms with Gasteiger partial charge in [-0.3, -0.25) is 0 Å². The maximum Gasteiger partial charge on any atom is 0.0148 e. The molecular weight excluding hydrogens is 308 g/mol. The number of hydrogen-bond donors (Lipinski definition) is 0. The fraction of sp³-hybridized carbons (Fsp3) is 1.00. The largest absolute Gasteiger partial charge is 0.0891 e. The molecule has 3 aliphatic rings. The zero-order chi connectivity index (χ0) is 13.9. The second-order valence-corrected chi connectivity index (χ2v) is 9.31. The van der Waals surface area contributed by atoms with Crippen LogP contribution >= 0.6 is 15.9 Å². The first-order valence-corrected chi connectivity index (χ1v) is 10.3. The molecule has 6 atom stereocenters. The van der Waals surface area contributed by atoms with Crippen LogP contribution in [0.15, 0.2) is 0 Å². The Morgan fingerprint density at radius 3 is 2.25 bits per heavy atom. The average molecular weight is 341 g/mol. The molecule has 0 nitrogen and oxygen atoms in total. The fourth-order valence-electron chi connectivity index (χ4n) is 5.78. The minimum Gasteiger partial charge on any atom is -0.0891 e. The lowest BCUT2D eigenvalue weighted by molar-refractivity contribution is 0.0119. The van der Waals surface area contributed by atoms with E-state index >= 15 is 0 Å². The van der Waals surface area contributed by atoms with E-state index in [1.807, 2.05) is 0 Å². The third kappa shape index (κ3) is 3.45. The van der Waals surface area contributed by atoms with E-state index in [0.717, 1.165) is 34.4 Å². The standard InChI is InChI=1S/C19H33Br/c1-2-3-4-5-14-6-10-18-15(12-14)7-8-16-13-17(20)9-11-19(16)18/h14-19H,2-13H2,1H3/t14-,15?,16?,17-,18?,19?/m1/s1. The van der Waals surface area contributed by atoms with Gasteiger partial charge in [0.15, 0.2) is 0 Å².